The van der Waals surface area contributed by atoms with Gasteiger partial charge in [0.25, 0.3) is 0 Å². The average molecular weight is 250 g/mol. The van der Waals surface area contributed by atoms with Gasteiger partial charge in [0.2, 0.25) is 0 Å². The number of Topliss-reactive ketones (excluding diaryl/α,β-unsaturated/α-hetero) is 1. The summed E-state index contributed by atoms with van der Waals surface area (Å²) in [6, 6.07) is 0. The minimum atomic E-state index is -4.31. The second-order valence-electron chi connectivity index (χ2n) is 3.44. The smallest absolute Gasteiger partial charge is 0.370 e. The molecule has 1 rings (SSSR count). The van der Waals surface area contributed by atoms with E-state index in [1.165, 1.54) is 17.1 Å². The van der Waals surface area contributed by atoms with Gasteiger partial charge >= 0.3 is 6.18 Å². The van der Waals surface area contributed by atoms with Gasteiger partial charge < -0.3 is 4.74 Å². The van der Waals surface area contributed by atoms with Crippen molar-refractivity contribution < 1.29 is 22.7 Å². The summed E-state index contributed by atoms with van der Waals surface area (Å²) in [6.45, 7) is 0.551. The van der Waals surface area contributed by atoms with Crippen molar-refractivity contribution in [1.82, 2.24) is 9.78 Å². The molecule has 4 nitrogen and oxygen atoms in total. The van der Waals surface area contributed by atoms with Gasteiger partial charge in [-0.15, -0.1) is 0 Å². The summed E-state index contributed by atoms with van der Waals surface area (Å²) >= 11 is 0. The van der Waals surface area contributed by atoms with Crippen molar-refractivity contribution in [3.05, 3.63) is 18.0 Å². The van der Waals surface area contributed by atoms with Crippen LogP contribution in [0.2, 0.25) is 0 Å². The Kier molecular flexibility index (Phi) is 4.68. The van der Waals surface area contributed by atoms with Crippen molar-refractivity contribution in [1.29, 1.82) is 0 Å². The van der Waals surface area contributed by atoms with Crippen LogP contribution in [-0.4, -0.2) is 35.0 Å². The van der Waals surface area contributed by atoms with Crippen molar-refractivity contribution in [2.24, 2.45) is 0 Å². The first-order valence-corrected chi connectivity index (χ1v) is 5.12. The molecule has 1 aromatic rings. The molecule has 0 spiro atoms. The van der Waals surface area contributed by atoms with E-state index in [9.17, 15) is 18.0 Å². The number of alkyl halides is 3. The molecule has 0 unspecified atom stereocenters. The molecular weight excluding hydrogens is 237 g/mol. The lowest BCUT2D eigenvalue weighted by Crippen LogP contribution is -2.19. The summed E-state index contributed by atoms with van der Waals surface area (Å²) in [5.74, 6) is -0.0486. The number of carbonyl (C=O) groups is 1. The quantitative estimate of drug-likeness (QED) is 0.573. The SMILES string of the molecule is CCC(=O)c1cnn(CCOCC(F)(F)F)c1. The standard InChI is InChI=1S/C10H13F3N2O2/c1-2-9(16)8-5-14-15(6-8)3-4-17-7-10(11,12)13/h5-6H,2-4,7H2,1H3. The average Bonchev–Trinajstić information content (AvgIpc) is 2.70. The first kappa shape index (κ1) is 13.7. The van der Waals surface area contributed by atoms with Crippen LogP contribution >= 0.6 is 0 Å². The number of ether oxygens (including phenoxy) is 1. The lowest BCUT2D eigenvalue weighted by atomic mass is 10.2. The van der Waals surface area contributed by atoms with E-state index in [-0.39, 0.29) is 18.9 Å². The lowest BCUT2D eigenvalue weighted by Gasteiger charge is -2.07. The summed E-state index contributed by atoms with van der Waals surface area (Å²) in [5, 5.41) is 3.85. The van der Waals surface area contributed by atoms with E-state index in [2.05, 4.69) is 9.84 Å². The topological polar surface area (TPSA) is 44.1 Å². The zero-order valence-corrected chi connectivity index (χ0v) is 9.33. The molecule has 0 atom stereocenters. The number of halogens is 3. The second-order valence-corrected chi connectivity index (χ2v) is 3.44. The second kappa shape index (κ2) is 5.81. The van der Waals surface area contributed by atoms with Gasteiger partial charge in [-0.25, -0.2) is 0 Å². The molecule has 0 fully saturated rings. The highest BCUT2D eigenvalue weighted by Crippen LogP contribution is 2.14. The van der Waals surface area contributed by atoms with Crippen LogP contribution in [-0.2, 0) is 11.3 Å². The van der Waals surface area contributed by atoms with Crippen LogP contribution in [0, 0.1) is 0 Å². The summed E-state index contributed by atoms with van der Waals surface area (Å²) < 4.78 is 41.1. The molecule has 96 valence electrons. The number of rotatable bonds is 6. The molecule has 0 aliphatic carbocycles. The van der Waals surface area contributed by atoms with Crippen LogP contribution < -0.4 is 0 Å². The van der Waals surface area contributed by atoms with Gasteiger partial charge in [0, 0.05) is 12.6 Å². The number of carbonyl (C=O) groups excluding carboxylic acids is 1. The molecule has 0 saturated carbocycles. The highest BCUT2D eigenvalue weighted by atomic mass is 19.4. The fourth-order valence-electron chi connectivity index (χ4n) is 1.18. The Morgan fingerprint density at radius 2 is 2.24 bits per heavy atom. The molecule has 0 N–H and O–H groups in total. The highest BCUT2D eigenvalue weighted by Gasteiger charge is 2.27. The van der Waals surface area contributed by atoms with Gasteiger partial charge in [-0.05, 0) is 0 Å². The van der Waals surface area contributed by atoms with E-state index in [4.69, 9.17) is 0 Å². The predicted octanol–water partition coefficient (Wildman–Crippen LogP) is 2.05. The van der Waals surface area contributed by atoms with E-state index < -0.39 is 12.8 Å². The van der Waals surface area contributed by atoms with Crippen molar-refractivity contribution >= 4 is 5.78 Å². The fourth-order valence-corrected chi connectivity index (χ4v) is 1.18. The number of hydrogen-bond donors (Lipinski definition) is 0. The summed E-state index contributed by atoms with van der Waals surface area (Å²) in [7, 11) is 0. The third-order valence-electron chi connectivity index (χ3n) is 2.01. The van der Waals surface area contributed by atoms with Crippen molar-refractivity contribution in [3.8, 4) is 0 Å². The van der Waals surface area contributed by atoms with Gasteiger partial charge in [-0.1, -0.05) is 6.92 Å². The Morgan fingerprint density at radius 1 is 1.53 bits per heavy atom. The molecule has 17 heavy (non-hydrogen) atoms. The van der Waals surface area contributed by atoms with Crippen molar-refractivity contribution in [2.45, 2.75) is 26.1 Å². The molecule has 0 aliphatic rings. The molecule has 0 radical (unpaired) electrons. The van der Waals surface area contributed by atoms with Crippen LogP contribution in [0.1, 0.15) is 23.7 Å². The van der Waals surface area contributed by atoms with Crippen LogP contribution in [0.15, 0.2) is 12.4 Å². The molecule has 1 aromatic heterocycles. The highest BCUT2D eigenvalue weighted by molar-refractivity contribution is 5.95. The Labute approximate surface area is 96.4 Å². The maximum atomic E-state index is 11.7. The molecule has 0 bridgehead atoms. The van der Waals surface area contributed by atoms with E-state index in [1.54, 1.807) is 6.92 Å². The van der Waals surface area contributed by atoms with Crippen LogP contribution in [0.4, 0.5) is 13.2 Å². The number of ketones is 1. The molecule has 7 heteroatoms. The zero-order valence-electron chi connectivity index (χ0n) is 9.33. The van der Waals surface area contributed by atoms with E-state index >= 15 is 0 Å². The number of aromatic nitrogens is 2. The van der Waals surface area contributed by atoms with Gasteiger partial charge in [0.15, 0.2) is 5.78 Å². The Bertz CT molecular complexity index is 374. The zero-order chi connectivity index (χ0) is 12.9. The van der Waals surface area contributed by atoms with Crippen molar-refractivity contribution in [3.63, 3.8) is 0 Å². The predicted molar refractivity (Wildman–Crippen MR) is 53.7 cm³/mol. The van der Waals surface area contributed by atoms with Crippen molar-refractivity contribution in [2.75, 3.05) is 13.2 Å². The largest absolute Gasteiger partial charge is 0.411 e. The number of nitrogens with zero attached hydrogens (tertiary/aromatic N) is 2. The molecule has 1 heterocycles. The fraction of sp³-hybridized carbons (Fsp3) is 0.600. The molecule has 0 saturated heterocycles. The normalized spacial score (nSPS) is 11.8. The third kappa shape index (κ3) is 4.99. The third-order valence-corrected chi connectivity index (χ3v) is 2.01. The summed E-state index contributed by atoms with van der Waals surface area (Å²) in [6.07, 6.45) is -1.04. The van der Waals surface area contributed by atoms with E-state index in [1.807, 2.05) is 0 Å². The maximum Gasteiger partial charge on any atom is 0.411 e. The minimum Gasteiger partial charge on any atom is -0.370 e. The maximum absolute atomic E-state index is 11.7. The minimum absolute atomic E-state index is 0.0486. The number of hydrogen-bond acceptors (Lipinski definition) is 3. The molecular formula is C10H13F3N2O2. The monoisotopic (exact) mass is 250 g/mol. The molecule has 0 aromatic carbocycles. The van der Waals surface area contributed by atoms with Gasteiger partial charge in [0.1, 0.15) is 6.61 Å². The Morgan fingerprint density at radius 3 is 2.82 bits per heavy atom. The van der Waals surface area contributed by atoms with Gasteiger partial charge in [-0.2, -0.15) is 18.3 Å². The Balaban J connectivity index is 2.33. The summed E-state index contributed by atoms with van der Waals surface area (Å²) in [5.41, 5.74) is 0.461. The van der Waals surface area contributed by atoms with E-state index in [0.29, 0.717) is 12.0 Å². The van der Waals surface area contributed by atoms with Crippen LogP contribution in [0.5, 0.6) is 0 Å². The van der Waals surface area contributed by atoms with Crippen LogP contribution in [0.3, 0.4) is 0 Å². The molecule has 0 amide bonds. The first-order valence-electron chi connectivity index (χ1n) is 5.12. The Hall–Kier alpha value is -1.37. The van der Waals surface area contributed by atoms with Gasteiger partial charge in [0.05, 0.1) is 24.9 Å². The first-order chi connectivity index (χ1) is 7.92. The van der Waals surface area contributed by atoms with Gasteiger partial charge in [-0.3, -0.25) is 9.48 Å². The van der Waals surface area contributed by atoms with E-state index in [0.717, 1.165) is 0 Å². The molecule has 0 aliphatic heterocycles. The van der Waals surface area contributed by atoms with Crippen LogP contribution in [0.25, 0.3) is 0 Å². The lowest BCUT2D eigenvalue weighted by molar-refractivity contribution is -0.174. The summed E-state index contributed by atoms with van der Waals surface area (Å²) in [4.78, 5) is 11.3.